The van der Waals surface area contributed by atoms with Gasteiger partial charge in [0.15, 0.2) is 0 Å². The third-order valence-electron chi connectivity index (χ3n) is 2.03. The molecule has 0 saturated carbocycles. The summed E-state index contributed by atoms with van der Waals surface area (Å²) in [5.41, 5.74) is 1.76. The van der Waals surface area contributed by atoms with Crippen molar-refractivity contribution < 1.29 is 0 Å². The molecule has 0 unspecified atom stereocenters. The molecular formula is C11H21Sn. The Morgan fingerprint density at radius 2 is 1.25 bits per heavy atom. The third kappa shape index (κ3) is 5.23. The van der Waals surface area contributed by atoms with Crippen LogP contribution in [-0.2, 0) is 0 Å². The van der Waals surface area contributed by atoms with Gasteiger partial charge in [-0.1, -0.05) is 0 Å². The summed E-state index contributed by atoms with van der Waals surface area (Å²) < 4.78 is 1.74. The second-order valence-electron chi connectivity index (χ2n) is 3.33. The Labute approximate surface area is 90.9 Å². The molecule has 0 aliphatic carbocycles. The maximum absolute atomic E-state index is 2.28. The maximum atomic E-state index is 2.28. The van der Waals surface area contributed by atoms with Crippen molar-refractivity contribution >= 4 is 22.5 Å². The van der Waals surface area contributed by atoms with Crippen LogP contribution in [0.1, 0.15) is 59.3 Å². The molecule has 0 aromatic carbocycles. The predicted molar refractivity (Wildman–Crippen MR) is 57.5 cm³/mol. The fourth-order valence-electron chi connectivity index (χ4n) is 1.46. The quantitative estimate of drug-likeness (QED) is 0.645. The number of hydrogen-bond donors (Lipinski definition) is 0. The first kappa shape index (κ1) is 12.5. The molecule has 0 aliphatic rings. The Balaban J connectivity index is 4.11. The van der Waals surface area contributed by atoms with E-state index in [0.29, 0.717) is 0 Å². The fraction of sp³-hybridized carbons (Fsp3) is 0.818. The van der Waals surface area contributed by atoms with E-state index in [-0.39, 0.29) is 0 Å². The molecular weight excluding hydrogens is 251 g/mol. The molecule has 3 radical (unpaired) electrons. The van der Waals surface area contributed by atoms with Gasteiger partial charge in [0, 0.05) is 0 Å². The van der Waals surface area contributed by atoms with Crippen molar-refractivity contribution in [3.8, 4) is 0 Å². The van der Waals surface area contributed by atoms with Gasteiger partial charge in [0.1, 0.15) is 0 Å². The molecule has 0 amide bonds. The standard InChI is InChI=1S/C11H21.Sn/c1-4-7-10-11(8-5-2)9-6-3;/h4-9H2,1-3H3;. The first-order valence-corrected chi connectivity index (χ1v) is 6.61. The van der Waals surface area contributed by atoms with Gasteiger partial charge in [0.05, 0.1) is 0 Å². The van der Waals surface area contributed by atoms with Crippen LogP contribution in [0.15, 0.2) is 9.16 Å². The van der Waals surface area contributed by atoms with Gasteiger partial charge in [0.2, 0.25) is 0 Å². The second-order valence-corrected chi connectivity index (χ2v) is 5.05. The molecule has 0 aliphatic heterocycles. The molecule has 0 saturated heterocycles. The van der Waals surface area contributed by atoms with E-state index in [1.54, 1.807) is 31.7 Å². The predicted octanol–water partition coefficient (Wildman–Crippen LogP) is 3.81. The van der Waals surface area contributed by atoms with Crippen LogP contribution in [0.5, 0.6) is 0 Å². The average Bonchev–Trinajstić information content (AvgIpc) is 2.04. The van der Waals surface area contributed by atoms with Crippen molar-refractivity contribution in [1.29, 1.82) is 0 Å². The first-order valence-electron chi connectivity index (χ1n) is 5.18. The minimum absolute atomic E-state index is 1.32. The Morgan fingerprint density at radius 3 is 1.58 bits per heavy atom. The fourth-order valence-corrected chi connectivity index (χ4v) is 2.88. The topological polar surface area (TPSA) is 0 Å². The van der Waals surface area contributed by atoms with Gasteiger partial charge in [-0.3, -0.25) is 0 Å². The average molecular weight is 272 g/mol. The first-order chi connectivity index (χ1) is 5.76. The van der Waals surface area contributed by atoms with Gasteiger partial charge in [0.25, 0.3) is 0 Å². The molecule has 12 heavy (non-hydrogen) atoms. The normalized spacial score (nSPS) is 10.0. The van der Waals surface area contributed by atoms with Crippen molar-refractivity contribution in [3.63, 3.8) is 0 Å². The Bertz CT molecular complexity index is 128. The molecule has 0 nitrogen and oxygen atoms in total. The van der Waals surface area contributed by atoms with Crippen LogP contribution in [0.2, 0.25) is 0 Å². The van der Waals surface area contributed by atoms with Gasteiger partial charge < -0.3 is 0 Å². The van der Waals surface area contributed by atoms with Crippen molar-refractivity contribution in [2.45, 2.75) is 59.3 Å². The Hall–Kier alpha value is 0.539. The van der Waals surface area contributed by atoms with Crippen LogP contribution in [0.3, 0.4) is 0 Å². The van der Waals surface area contributed by atoms with Crippen LogP contribution >= 0.6 is 0 Å². The molecule has 0 fully saturated rings. The molecule has 1 heteroatoms. The number of hydrogen-bond acceptors (Lipinski definition) is 0. The molecule has 0 heterocycles. The van der Waals surface area contributed by atoms with Crippen molar-refractivity contribution in [2.24, 2.45) is 0 Å². The zero-order valence-electron chi connectivity index (χ0n) is 8.74. The SMILES string of the molecule is CCC[C]([Sn])=C(CCC)CCC. The van der Waals surface area contributed by atoms with E-state index in [4.69, 9.17) is 0 Å². The number of allylic oxidation sites excluding steroid dienone is 2. The number of rotatable bonds is 6. The minimum atomic E-state index is 1.32. The third-order valence-corrected chi connectivity index (χ3v) is 3.75. The molecule has 0 spiro atoms. The molecule has 69 valence electrons. The van der Waals surface area contributed by atoms with Gasteiger partial charge in [-0.25, -0.2) is 0 Å². The van der Waals surface area contributed by atoms with Crippen LogP contribution in [0.25, 0.3) is 0 Å². The van der Waals surface area contributed by atoms with Crippen LogP contribution in [-0.4, -0.2) is 22.5 Å². The van der Waals surface area contributed by atoms with E-state index in [1.165, 1.54) is 38.5 Å². The monoisotopic (exact) mass is 273 g/mol. The van der Waals surface area contributed by atoms with Crippen molar-refractivity contribution in [3.05, 3.63) is 9.16 Å². The van der Waals surface area contributed by atoms with Gasteiger partial charge >= 0.3 is 91.0 Å². The zero-order valence-corrected chi connectivity index (χ0v) is 11.6. The molecule has 0 N–H and O–H groups in total. The zero-order chi connectivity index (χ0) is 9.40. The second kappa shape index (κ2) is 8.15. The van der Waals surface area contributed by atoms with Gasteiger partial charge in [-0.15, -0.1) is 0 Å². The van der Waals surface area contributed by atoms with E-state index in [2.05, 4.69) is 20.8 Å². The van der Waals surface area contributed by atoms with Gasteiger partial charge in [-0.2, -0.15) is 0 Å². The van der Waals surface area contributed by atoms with Crippen molar-refractivity contribution in [2.75, 3.05) is 0 Å². The summed E-state index contributed by atoms with van der Waals surface area (Å²) in [6.45, 7) is 6.84. The molecule has 0 rings (SSSR count). The summed E-state index contributed by atoms with van der Waals surface area (Å²) in [6, 6.07) is 0. The van der Waals surface area contributed by atoms with E-state index in [0.717, 1.165) is 0 Å². The van der Waals surface area contributed by atoms with Crippen molar-refractivity contribution in [1.82, 2.24) is 0 Å². The summed E-state index contributed by atoms with van der Waals surface area (Å²) in [6.07, 6.45) is 7.97. The van der Waals surface area contributed by atoms with E-state index >= 15 is 0 Å². The van der Waals surface area contributed by atoms with Crippen LogP contribution in [0, 0.1) is 0 Å². The van der Waals surface area contributed by atoms with E-state index in [1.807, 2.05) is 0 Å². The van der Waals surface area contributed by atoms with Crippen LogP contribution < -0.4 is 0 Å². The van der Waals surface area contributed by atoms with Crippen LogP contribution in [0.4, 0.5) is 0 Å². The molecule has 0 atom stereocenters. The summed E-state index contributed by atoms with van der Waals surface area (Å²) in [5.74, 6) is 0. The summed E-state index contributed by atoms with van der Waals surface area (Å²) in [5, 5.41) is 0. The molecule has 0 aromatic rings. The van der Waals surface area contributed by atoms with Gasteiger partial charge in [-0.05, 0) is 0 Å². The summed E-state index contributed by atoms with van der Waals surface area (Å²) >= 11 is 1.65. The Morgan fingerprint density at radius 1 is 0.833 bits per heavy atom. The Kier molecular flexibility index (Phi) is 8.52. The van der Waals surface area contributed by atoms with E-state index in [9.17, 15) is 0 Å². The summed E-state index contributed by atoms with van der Waals surface area (Å²) in [4.78, 5) is 0. The van der Waals surface area contributed by atoms with E-state index < -0.39 is 0 Å². The molecule has 0 aromatic heterocycles. The summed E-state index contributed by atoms with van der Waals surface area (Å²) in [7, 11) is 0. The molecule has 0 bridgehead atoms.